The van der Waals surface area contributed by atoms with Crippen LogP contribution in [0.3, 0.4) is 0 Å². The summed E-state index contributed by atoms with van der Waals surface area (Å²) in [4.78, 5) is 11.6. The van der Waals surface area contributed by atoms with E-state index in [2.05, 4.69) is 24.0 Å². The predicted octanol–water partition coefficient (Wildman–Crippen LogP) is 7.35. The third kappa shape index (κ3) is 9.68. The van der Waals surface area contributed by atoms with Gasteiger partial charge in [0.25, 0.3) is 0 Å². The fourth-order valence-corrected chi connectivity index (χ4v) is 11.6. The van der Waals surface area contributed by atoms with E-state index in [1.807, 2.05) is 63.0 Å². The second kappa shape index (κ2) is 18.3. The molecule has 2 aromatic heterocycles. The van der Waals surface area contributed by atoms with E-state index in [1.165, 1.54) is 39.4 Å². The van der Waals surface area contributed by atoms with Crippen LogP contribution in [0.5, 0.6) is 0 Å². The highest BCUT2D eigenvalue weighted by atomic mass is 32.2. The molecule has 2 fully saturated rings. The summed E-state index contributed by atoms with van der Waals surface area (Å²) in [5.74, 6) is -4.28. The van der Waals surface area contributed by atoms with Crippen molar-refractivity contribution in [3.05, 3.63) is 153 Å². The molecule has 310 valence electrons. The van der Waals surface area contributed by atoms with Crippen LogP contribution in [0.1, 0.15) is 28.1 Å². The van der Waals surface area contributed by atoms with Gasteiger partial charge in [-0.05, 0) is 47.9 Å². The quantitative estimate of drug-likeness (QED) is 0.132. The highest BCUT2D eigenvalue weighted by molar-refractivity contribution is 7.89. The lowest BCUT2D eigenvalue weighted by Gasteiger charge is -2.33. The van der Waals surface area contributed by atoms with Gasteiger partial charge in [-0.25, -0.2) is 44.4 Å². The van der Waals surface area contributed by atoms with Crippen molar-refractivity contribution in [2.24, 2.45) is 0 Å². The minimum Gasteiger partial charge on any atom is -0.345 e. The zero-order valence-electron chi connectivity index (χ0n) is 31.8. The van der Waals surface area contributed by atoms with Crippen molar-refractivity contribution in [1.29, 1.82) is 0 Å². The Morgan fingerprint density at radius 1 is 0.525 bits per heavy atom. The number of rotatable bonds is 10. The van der Waals surface area contributed by atoms with Crippen molar-refractivity contribution in [3.8, 4) is 0 Å². The maximum absolute atomic E-state index is 14.0. The summed E-state index contributed by atoms with van der Waals surface area (Å²) in [6.07, 6.45) is 1.47. The second-order valence-electron chi connectivity index (χ2n) is 13.9. The Bertz CT molecular complexity index is 2570. The van der Waals surface area contributed by atoms with Crippen LogP contribution >= 0.6 is 22.7 Å². The molecular weight excluding hydrogens is 845 g/mol. The van der Waals surface area contributed by atoms with Gasteiger partial charge in [-0.3, -0.25) is 0 Å². The fourth-order valence-electron chi connectivity index (χ4n) is 6.81. The molecule has 18 heteroatoms. The van der Waals surface area contributed by atoms with Crippen molar-refractivity contribution in [2.45, 2.75) is 29.6 Å². The first-order chi connectivity index (χ1) is 28.3. The van der Waals surface area contributed by atoms with E-state index in [9.17, 15) is 34.4 Å². The number of sulfonamides is 2. The highest BCUT2D eigenvalue weighted by Crippen LogP contribution is 2.29. The zero-order valence-corrected chi connectivity index (χ0v) is 35.1. The van der Waals surface area contributed by atoms with E-state index in [1.54, 1.807) is 0 Å². The molecular formula is C41H40F4N6O4S4. The third-order valence-electron chi connectivity index (χ3n) is 9.99. The number of hydrogen-bond donors (Lipinski definition) is 0. The minimum atomic E-state index is -4.23. The normalized spacial score (nSPS) is 15.5. The number of nitrogens with zero attached hydrogens (tertiary/aromatic N) is 6. The van der Waals surface area contributed by atoms with Gasteiger partial charge < -0.3 is 9.80 Å². The van der Waals surface area contributed by atoms with Crippen molar-refractivity contribution < 1.29 is 34.4 Å². The third-order valence-corrected chi connectivity index (χ3v) is 15.8. The lowest BCUT2D eigenvalue weighted by molar-refractivity contribution is 0.378. The number of hydrogen-bond acceptors (Lipinski definition) is 10. The summed E-state index contributed by atoms with van der Waals surface area (Å²) in [6, 6.07) is 24.3. The van der Waals surface area contributed by atoms with Gasteiger partial charge in [0.2, 0.25) is 20.0 Å². The monoisotopic (exact) mass is 884 g/mol. The molecule has 0 saturated carbocycles. The molecule has 0 unspecified atom stereocenters. The Morgan fingerprint density at radius 3 is 1.37 bits per heavy atom. The lowest BCUT2D eigenvalue weighted by atomic mass is 10.1. The number of aryl methyl sites for hydroxylation is 1. The van der Waals surface area contributed by atoms with Gasteiger partial charge >= 0.3 is 0 Å². The Balaban J connectivity index is 0.000000179. The van der Waals surface area contributed by atoms with Crippen LogP contribution in [-0.4, -0.2) is 87.8 Å². The van der Waals surface area contributed by atoms with E-state index in [4.69, 9.17) is 4.98 Å². The molecule has 10 nitrogen and oxygen atoms in total. The Labute approximate surface area is 349 Å². The van der Waals surface area contributed by atoms with E-state index in [-0.39, 0.29) is 26.2 Å². The van der Waals surface area contributed by atoms with Crippen LogP contribution in [0.15, 0.2) is 112 Å². The van der Waals surface area contributed by atoms with Crippen LogP contribution in [-0.2, 0) is 32.9 Å². The Morgan fingerprint density at radius 2 is 0.932 bits per heavy atom. The van der Waals surface area contributed by atoms with Crippen LogP contribution in [0, 0.1) is 30.2 Å². The molecule has 6 aromatic rings. The molecule has 4 heterocycles. The minimum absolute atomic E-state index is 0.142. The van der Waals surface area contributed by atoms with Gasteiger partial charge in [0.1, 0.15) is 23.3 Å². The standard InChI is InChI=1S/C21H21F2N3O2S2.C20H19F2N3O2S2/c1-15-5-2-3-6-16(15)13-17-14-29-21(24-17)25-9-11-26(12-10-25)30(27,28)20-18(22)7-4-8-19(20)23;21-17-7-4-8-18(22)19(17)29(26,27)25-11-9-24(10-12-25)20-23-16(14-28-20)13-15-5-2-1-3-6-15/h2-8,14H,9-13H2,1H3;1-8,14H,9-13H2. The maximum atomic E-state index is 14.0. The molecule has 8 rings (SSSR count). The van der Waals surface area contributed by atoms with E-state index < -0.39 is 53.1 Å². The summed E-state index contributed by atoms with van der Waals surface area (Å²) < 4.78 is 109. The molecule has 2 aliphatic rings. The Hall–Kier alpha value is -4.72. The smallest absolute Gasteiger partial charge is 0.249 e. The van der Waals surface area contributed by atoms with E-state index in [0.717, 1.165) is 79.5 Å². The average molecular weight is 885 g/mol. The largest absolute Gasteiger partial charge is 0.345 e. The number of benzene rings is 4. The van der Waals surface area contributed by atoms with Gasteiger partial charge in [0.15, 0.2) is 20.1 Å². The molecule has 0 bridgehead atoms. The van der Waals surface area contributed by atoms with Crippen molar-refractivity contribution >= 4 is 53.0 Å². The van der Waals surface area contributed by atoms with Crippen LogP contribution in [0.4, 0.5) is 27.8 Å². The second-order valence-corrected chi connectivity index (χ2v) is 19.3. The van der Waals surface area contributed by atoms with Crippen LogP contribution in [0.25, 0.3) is 0 Å². The van der Waals surface area contributed by atoms with E-state index >= 15 is 0 Å². The number of aromatic nitrogens is 2. The first kappa shape index (κ1) is 42.4. The first-order valence-electron chi connectivity index (χ1n) is 18.7. The SMILES string of the molecule is Cc1ccccc1Cc1csc(N2CCN(S(=O)(=O)c3c(F)cccc3F)CC2)n1.O=S(=O)(c1c(F)cccc1F)N1CCN(c2nc(Cc3ccccc3)cs2)CC1. The number of halogens is 4. The average Bonchev–Trinajstić information content (AvgIpc) is 3.89. The topological polar surface area (TPSA) is 107 Å². The molecule has 0 radical (unpaired) electrons. The van der Waals surface area contributed by atoms with Crippen LogP contribution in [0.2, 0.25) is 0 Å². The summed E-state index contributed by atoms with van der Waals surface area (Å²) in [5, 5.41) is 5.66. The number of piperazine rings is 2. The molecule has 0 amide bonds. The van der Waals surface area contributed by atoms with Gasteiger partial charge in [-0.15, -0.1) is 22.7 Å². The number of anilines is 2. The molecule has 0 aliphatic carbocycles. The summed E-state index contributed by atoms with van der Waals surface area (Å²) in [7, 11) is -8.45. The predicted molar refractivity (Wildman–Crippen MR) is 222 cm³/mol. The summed E-state index contributed by atoms with van der Waals surface area (Å²) in [6.45, 7) is 4.28. The van der Waals surface area contributed by atoms with Crippen molar-refractivity contribution in [3.63, 3.8) is 0 Å². The molecule has 0 atom stereocenters. The highest BCUT2D eigenvalue weighted by Gasteiger charge is 2.35. The zero-order chi connectivity index (χ0) is 41.7. The molecule has 0 N–H and O–H groups in total. The van der Waals surface area contributed by atoms with Crippen LogP contribution < -0.4 is 9.80 Å². The van der Waals surface area contributed by atoms with Gasteiger partial charge in [0.05, 0.1) is 11.4 Å². The van der Waals surface area contributed by atoms with Gasteiger partial charge in [-0.1, -0.05) is 66.7 Å². The van der Waals surface area contributed by atoms with E-state index in [0.29, 0.717) is 26.2 Å². The summed E-state index contributed by atoms with van der Waals surface area (Å²) in [5.41, 5.74) is 5.53. The number of thiazole rings is 2. The Kier molecular flexibility index (Phi) is 13.1. The fraction of sp³-hybridized carbons (Fsp3) is 0.268. The first-order valence-corrected chi connectivity index (χ1v) is 23.3. The van der Waals surface area contributed by atoms with Crippen molar-refractivity contribution in [2.75, 3.05) is 62.2 Å². The summed E-state index contributed by atoms with van der Waals surface area (Å²) >= 11 is 3.03. The molecule has 0 spiro atoms. The molecule has 59 heavy (non-hydrogen) atoms. The molecule has 4 aromatic carbocycles. The van der Waals surface area contributed by atoms with Gasteiger partial charge in [0, 0.05) is 76.0 Å². The van der Waals surface area contributed by atoms with Gasteiger partial charge in [-0.2, -0.15) is 8.61 Å². The van der Waals surface area contributed by atoms with Crippen molar-refractivity contribution in [1.82, 2.24) is 18.6 Å². The molecule has 2 aliphatic heterocycles. The molecule has 2 saturated heterocycles. The lowest BCUT2D eigenvalue weighted by Crippen LogP contribution is -2.49. The maximum Gasteiger partial charge on any atom is 0.249 e.